The van der Waals surface area contributed by atoms with Gasteiger partial charge in [-0.2, -0.15) is 0 Å². The Labute approximate surface area is 172 Å². The van der Waals surface area contributed by atoms with Gasteiger partial charge in [0.2, 0.25) is 0 Å². The number of hydrogen-bond donors (Lipinski definition) is 0. The molecule has 0 bridgehead atoms. The summed E-state index contributed by atoms with van der Waals surface area (Å²) in [5.74, 6) is 0. The summed E-state index contributed by atoms with van der Waals surface area (Å²) in [6, 6.07) is 21.1. The first-order chi connectivity index (χ1) is 13.4. The van der Waals surface area contributed by atoms with Crippen molar-refractivity contribution in [2.24, 2.45) is 0 Å². The number of benzene rings is 3. The molecule has 138 valence electrons. The van der Waals surface area contributed by atoms with Gasteiger partial charge in [0.25, 0.3) is 0 Å². The SMILES string of the molecule is CC(C)(C)c1cc(-c2cc3sc4c(Cl)cccc4c3nn2)cc2ccccc12. The van der Waals surface area contributed by atoms with Crippen LogP contribution in [0.15, 0.2) is 60.7 Å². The normalized spacial score (nSPS) is 12.3. The van der Waals surface area contributed by atoms with Crippen LogP contribution in [0, 0.1) is 0 Å². The van der Waals surface area contributed by atoms with Gasteiger partial charge in [0.1, 0.15) is 5.52 Å². The number of thiophene rings is 1. The van der Waals surface area contributed by atoms with Crippen molar-refractivity contribution in [1.82, 2.24) is 10.2 Å². The van der Waals surface area contributed by atoms with Gasteiger partial charge in [-0.15, -0.1) is 21.5 Å². The lowest BCUT2D eigenvalue weighted by atomic mass is 9.82. The molecule has 2 heterocycles. The Bertz CT molecular complexity index is 1360. The van der Waals surface area contributed by atoms with Gasteiger partial charge < -0.3 is 0 Å². The van der Waals surface area contributed by atoms with E-state index in [0.29, 0.717) is 0 Å². The molecule has 28 heavy (non-hydrogen) atoms. The number of aromatic nitrogens is 2. The lowest BCUT2D eigenvalue weighted by molar-refractivity contribution is 0.596. The Morgan fingerprint density at radius 1 is 0.857 bits per heavy atom. The lowest BCUT2D eigenvalue weighted by Gasteiger charge is -2.22. The summed E-state index contributed by atoms with van der Waals surface area (Å²) in [6.07, 6.45) is 0. The van der Waals surface area contributed by atoms with Crippen LogP contribution in [0.4, 0.5) is 0 Å². The van der Waals surface area contributed by atoms with Crippen molar-refractivity contribution in [2.75, 3.05) is 0 Å². The molecule has 0 radical (unpaired) electrons. The van der Waals surface area contributed by atoms with E-state index in [1.165, 1.54) is 16.3 Å². The third kappa shape index (κ3) is 2.78. The van der Waals surface area contributed by atoms with Gasteiger partial charge in [-0.3, -0.25) is 0 Å². The number of fused-ring (bicyclic) bond motifs is 4. The highest BCUT2D eigenvalue weighted by atomic mass is 35.5. The van der Waals surface area contributed by atoms with Crippen LogP contribution in [-0.2, 0) is 5.41 Å². The Kier molecular flexibility index (Phi) is 3.94. The fourth-order valence-electron chi connectivity index (χ4n) is 3.77. The largest absolute Gasteiger partial charge is 0.150 e. The van der Waals surface area contributed by atoms with Crippen LogP contribution in [0.5, 0.6) is 0 Å². The van der Waals surface area contributed by atoms with Gasteiger partial charge in [0.05, 0.1) is 20.1 Å². The Morgan fingerprint density at radius 2 is 1.64 bits per heavy atom. The summed E-state index contributed by atoms with van der Waals surface area (Å²) in [6.45, 7) is 6.75. The molecule has 0 unspecified atom stereocenters. The van der Waals surface area contributed by atoms with E-state index in [4.69, 9.17) is 11.6 Å². The van der Waals surface area contributed by atoms with E-state index in [-0.39, 0.29) is 5.41 Å². The molecular formula is C24H19ClN2S. The zero-order valence-electron chi connectivity index (χ0n) is 16.0. The zero-order chi connectivity index (χ0) is 19.5. The molecule has 0 fully saturated rings. The van der Waals surface area contributed by atoms with Crippen molar-refractivity contribution in [2.45, 2.75) is 26.2 Å². The molecule has 0 saturated heterocycles. The highest BCUT2D eigenvalue weighted by Gasteiger charge is 2.19. The van der Waals surface area contributed by atoms with Crippen LogP contribution < -0.4 is 0 Å². The molecule has 0 saturated carbocycles. The molecule has 5 aromatic rings. The van der Waals surface area contributed by atoms with Crippen molar-refractivity contribution < 1.29 is 0 Å². The monoisotopic (exact) mass is 402 g/mol. The topological polar surface area (TPSA) is 25.8 Å². The molecule has 2 nitrogen and oxygen atoms in total. The second-order valence-corrected chi connectivity index (χ2v) is 9.62. The molecule has 0 aliphatic rings. The second-order valence-electron chi connectivity index (χ2n) is 8.16. The Morgan fingerprint density at radius 3 is 2.46 bits per heavy atom. The van der Waals surface area contributed by atoms with Crippen molar-refractivity contribution in [1.29, 1.82) is 0 Å². The minimum atomic E-state index is 0.0400. The van der Waals surface area contributed by atoms with E-state index in [1.807, 2.05) is 12.1 Å². The third-order valence-corrected chi connectivity index (χ3v) is 6.76. The number of nitrogens with zero attached hydrogens (tertiary/aromatic N) is 2. The summed E-state index contributed by atoms with van der Waals surface area (Å²) in [4.78, 5) is 0. The average molecular weight is 403 g/mol. The minimum Gasteiger partial charge on any atom is -0.150 e. The van der Waals surface area contributed by atoms with Crippen molar-refractivity contribution >= 4 is 54.0 Å². The summed E-state index contributed by atoms with van der Waals surface area (Å²) in [5.41, 5.74) is 4.27. The fraction of sp³-hybridized carbons (Fsp3) is 0.167. The van der Waals surface area contributed by atoms with Crippen LogP contribution in [0.25, 0.3) is 42.3 Å². The van der Waals surface area contributed by atoms with Crippen molar-refractivity contribution in [3.8, 4) is 11.3 Å². The molecule has 0 N–H and O–H groups in total. The van der Waals surface area contributed by atoms with E-state index >= 15 is 0 Å². The Balaban J connectivity index is 1.77. The zero-order valence-corrected chi connectivity index (χ0v) is 17.5. The highest BCUT2D eigenvalue weighted by Crippen LogP contribution is 2.39. The highest BCUT2D eigenvalue weighted by molar-refractivity contribution is 7.26. The van der Waals surface area contributed by atoms with E-state index in [2.05, 4.69) is 79.5 Å². The lowest BCUT2D eigenvalue weighted by Crippen LogP contribution is -2.12. The van der Waals surface area contributed by atoms with Gasteiger partial charge >= 0.3 is 0 Å². The van der Waals surface area contributed by atoms with Gasteiger partial charge in [0, 0.05) is 10.9 Å². The summed E-state index contributed by atoms with van der Waals surface area (Å²) < 4.78 is 2.18. The molecular weight excluding hydrogens is 384 g/mol. The van der Waals surface area contributed by atoms with E-state index in [0.717, 1.165) is 36.6 Å². The van der Waals surface area contributed by atoms with Gasteiger partial charge in [-0.1, -0.05) is 68.8 Å². The molecule has 0 spiro atoms. The first kappa shape index (κ1) is 17.6. The predicted octanol–water partition coefficient (Wildman–Crippen LogP) is 7.62. The van der Waals surface area contributed by atoms with Crippen LogP contribution >= 0.6 is 22.9 Å². The number of rotatable bonds is 1. The first-order valence-electron chi connectivity index (χ1n) is 9.30. The number of hydrogen-bond acceptors (Lipinski definition) is 3. The maximum absolute atomic E-state index is 6.38. The summed E-state index contributed by atoms with van der Waals surface area (Å²) in [7, 11) is 0. The predicted molar refractivity (Wildman–Crippen MR) is 122 cm³/mol. The number of halogens is 1. The van der Waals surface area contributed by atoms with Crippen LogP contribution in [-0.4, -0.2) is 10.2 Å². The Hall–Kier alpha value is -2.49. The fourth-order valence-corrected chi connectivity index (χ4v) is 5.14. The van der Waals surface area contributed by atoms with Crippen LogP contribution in [0.1, 0.15) is 26.3 Å². The van der Waals surface area contributed by atoms with Crippen molar-refractivity contribution in [3.63, 3.8) is 0 Å². The van der Waals surface area contributed by atoms with E-state index < -0.39 is 0 Å². The summed E-state index contributed by atoms with van der Waals surface area (Å²) >= 11 is 8.06. The molecule has 0 aliphatic carbocycles. The van der Waals surface area contributed by atoms with Crippen LogP contribution in [0.2, 0.25) is 5.02 Å². The molecule has 4 heteroatoms. The molecule has 2 aromatic heterocycles. The summed E-state index contributed by atoms with van der Waals surface area (Å²) in [5, 5.41) is 13.5. The van der Waals surface area contributed by atoms with Gasteiger partial charge in [-0.25, -0.2) is 0 Å². The first-order valence-corrected chi connectivity index (χ1v) is 10.5. The maximum Gasteiger partial charge on any atom is 0.112 e. The van der Waals surface area contributed by atoms with E-state index in [9.17, 15) is 0 Å². The molecule has 5 rings (SSSR count). The standard InChI is InChI=1S/C24H19ClN2S/c1-24(2,3)18-12-15(11-14-7-4-5-8-16(14)18)20-13-21-22(27-26-20)17-9-6-10-19(25)23(17)28-21/h4-13H,1-3H3. The maximum atomic E-state index is 6.38. The quantitative estimate of drug-likeness (QED) is 0.288. The second kappa shape index (κ2) is 6.26. The van der Waals surface area contributed by atoms with E-state index in [1.54, 1.807) is 11.3 Å². The van der Waals surface area contributed by atoms with Crippen LogP contribution in [0.3, 0.4) is 0 Å². The van der Waals surface area contributed by atoms with Crippen molar-refractivity contribution in [3.05, 3.63) is 71.2 Å². The molecule has 0 amide bonds. The van der Waals surface area contributed by atoms with Gasteiger partial charge in [-0.05, 0) is 46.0 Å². The molecule has 3 aromatic carbocycles. The van der Waals surface area contributed by atoms with Gasteiger partial charge in [0.15, 0.2) is 0 Å². The third-order valence-electron chi connectivity index (χ3n) is 5.16. The molecule has 0 atom stereocenters. The smallest absolute Gasteiger partial charge is 0.112 e. The minimum absolute atomic E-state index is 0.0400. The molecule has 0 aliphatic heterocycles. The average Bonchev–Trinajstić information content (AvgIpc) is 3.06.